The molecule has 0 aliphatic heterocycles. The molecule has 4 amide bonds. The molecule has 8 atom stereocenters. The summed E-state index contributed by atoms with van der Waals surface area (Å²) in [7, 11) is 0. The molecule has 0 aliphatic rings. The van der Waals surface area contributed by atoms with E-state index in [4.69, 9.17) is 10.2 Å². The number of carbonyl (C=O) groups is 6. The van der Waals surface area contributed by atoms with Crippen molar-refractivity contribution in [2.45, 2.75) is 179 Å². The van der Waals surface area contributed by atoms with E-state index >= 15 is 0 Å². The van der Waals surface area contributed by atoms with Gasteiger partial charge in [-0.15, -0.1) is 0 Å². The van der Waals surface area contributed by atoms with Gasteiger partial charge in [0.2, 0.25) is 11.8 Å². The summed E-state index contributed by atoms with van der Waals surface area (Å²) in [6.45, 7) is 8.49. The van der Waals surface area contributed by atoms with Crippen LogP contribution in [-0.4, -0.2) is 195 Å². The topological polar surface area (TPSA) is 363 Å². The van der Waals surface area contributed by atoms with Crippen molar-refractivity contribution in [1.82, 2.24) is 19.8 Å². The number of hydrogen-bond acceptors (Lipinski definition) is 14. The fraction of sp³-hybridized carbons (Fsp3) is 0.375. The molecule has 22 nitrogen and oxygen atoms in total. The van der Waals surface area contributed by atoms with Crippen molar-refractivity contribution in [1.29, 1.82) is 0 Å². The minimum absolute atomic E-state index is 0. The van der Waals surface area contributed by atoms with Crippen molar-refractivity contribution < 1.29 is 88.6 Å². The van der Waals surface area contributed by atoms with Crippen LogP contribution in [0.5, 0.6) is 0 Å². The van der Waals surface area contributed by atoms with Crippen LogP contribution in [0.15, 0.2) is 170 Å². The van der Waals surface area contributed by atoms with E-state index in [0.717, 1.165) is 22.5 Å². The summed E-state index contributed by atoms with van der Waals surface area (Å²) in [6.07, 6.45) is -10.4. The van der Waals surface area contributed by atoms with Crippen molar-refractivity contribution in [2.24, 2.45) is 0 Å². The number of aliphatic hydroxyl groups is 8. The molecule has 8 aromatic rings. The molecule has 105 heavy (non-hydrogen) atoms. The van der Waals surface area contributed by atoms with Crippen molar-refractivity contribution in [3.63, 3.8) is 0 Å². The van der Waals surface area contributed by atoms with Gasteiger partial charge in [0.05, 0.1) is 97.0 Å². The summed E-state index contributed by atoms with van der Waals surface area (Å²) in [4.78, 5) is 74.7. The van der Waals surface area contributed by atoms with E-state index < -0.39 is 97.1 Å². The molecule has 0 unspecified atom stereocenters. The molecule has 0 saturated heterocycles. The Hall–Kier alpha value is -8.50. The Morgan fingerprint density at radius 1 is 0.371 bits per heavy atom. The summed E-state index contributed by atoms with van der Waals surface area (Å²) >= 11 is 0. The van der Waals surface area contributed by atoms with Crippen LogP contribution >= 0.6 is 0 Å². The zero-order valence-corrected chi connectivity index (χ0v) is 61.7. The number of amides is 4. The normalized spacial score (nSPS) is 13.6. The summed E-state index contributed by atoms with van der Waals surface area (Å²) in [5.41, 5.74) is 9.19. The van der Waals surface area contributed by atoms with E-state index in [1.807, 2.05) is 134 Å². The van der Waals surface area contributed by atoms with Gasteiger partial charge in [-0.05, 0) is 158 Å². The van der Waals surface area contributed by atoms with Crippen molar-refractivity contribution >= 4 is 84.7 Å². The summed E-state index contributed by atoms with van der Waals surface area (Å²) in [5.74, 6) is -5.11. The number of halogens is 2. The molecular formula is C80H96CaF2N6O16. The van der Waals surface area contributed by atoms with E-state index in [1.54, 1.807) is 48.5 Å². The maximum atomic E-state index is 14.2. The predicted molar refractivity (Wildman–Crippen MR) is 398 cm³/mol. The van der Waals surface area contributed by atoms with Gasteiger partial charge in [0, 0.05) is 97.8 Å². The number of rotatable bonds is 38. The summed E-state index contributed by atoms with van der Waals surface area (Å²) < 4.78 is 32.3. The Labute approximate surface area is 639 Å². The molecule has 2 heterocycles. The van der Waals surface area contributed by atoms with E-state index in [1.165, 1.54) is 24.3 Å². The molecule has 0 saturated carbocycles. The van der Waals surface area contributed by atoms with Gasteiger partial charge < -0.3 is 81.5 Å². The minimum atomic E-state index is -1.20. The number of nitrogens with zero attached hydrogens (tertiary/aromatic N) is 2. The quantitative estimate of drug-likeness (QED) is 0.0160. The third-order valence-corrected chi connectivity index (χ3v) is 17.4. The van der Waals surface area contributed by atoms with Crippen LogP contribution in [0.25, 0.3) is 44.8 Å². The second kappa shape index (κ2) is 42.6. The number of aromatic nitrogens is 2. The SMILES string of the molecule is CC(C)c1c(C(=O)Nc2ccccc2)c(-c2ccccc2)c(-c2ccc(F)cc2)n1CC[C@@H](O)C[C@@H](O)CC(=O)NCC[C@@H](O)C[C@@H](O)CC(=O)O.CC(C)c1c(C(=O)Nc2ccccc2)c(-c2ccccc2)c(-c2ccc(F)cc2)n1CC[C@@H](O)C[C@@H](O)CC(=O)NCC[C@@H](O)C[C@@H](O)CC(=O)O.[Ca]. The van der Waals surface area contributed by atoms with Crippen molar-refractivity contribution in [3.05, 3.63) is 204 Å². The first-order valence-electron chi connectivity index (χ1n) is 35.0. The number of carbonyl (C=O) groups excluding carboxylic acids is 4. The van der Waals surface area contributed by atoms with Gasteiger partial charge in [0.1, 0.15) is 11.6 Å². The zero-order valence-electron chi connectivity index (χ0n) is 59.5. The third-order valence-electron chi connectivity index (χ3n) is 17.4. The Morgan fingerprint density at radius 3 is 0.952 bits per heavy atom. The Bertz CT molecular complexity index is 3800. The number of aliphatic carboxylic acids is 2. The fourth-order valence-corrected chi connectivity index (χ4v) is 12.8. The van der Waals surface area contributed by atoms with Crippen LogP contribution in [0.2, 0.25) is 0 Å². The first-order valence-corrected chi connectivity index (χ1v) is 35.0. The molecule has 8 rings (SSSR count). The van der Waals surface area contributed by atoms with E-state index in [9.17, 15) is 78.4 Å². The zero-order chi connectivity index (χ0) is 75.6. The number of nitrogens with one attached hydrogen (secondary N) is 4. The van der Waals surface area contributed by atoms with E-state index in [-0.39, 0.29) is 152 Å². The maximum Gasteiger partial charge on any atom is 0.305 e. The third kappa shape index (κ3) is 26.5. The van der Waals surface area contributed by atoms with Crippen LogP contribution in [-0.2, 0) is 32.3 Å². The van der Waals surface area contributed by atoms with Gasteiger partial charge in [-0.3, -0.25) is 28.8 Å². The van der Waals surface area contributed by atoms with Gasteiger partial charge in [0.25, 0.3) is 11.8 Å². The molecule has 0 fully saturated rings. The van der Waals surface area contributed by atoms with Gasteiger partial charge >= 0.3 is 11.9 Å². The number of aliphatic hydroxyl groups excluding tert-OH is 8. The largest absolute Gasteiger partial charge is 0.481 e. The Morgan fingerprint density at radius 2 is 0.657 bits per heavy atom. The average molecular weight is 1480 g/mol. The average Bonchev–Trinajstić information content (AvgIpc) is 1.60. The molecule has 14 N–H and O–H groups in total. The van der Waals surface area contributed by atoms with E-state index in [0.29, 0.717) is 56.1 Å². The minimum Gasteiger partial charge on any atom is -0.481 e. The van der Waals surface area contributed by atoms with Crippen LogP contribution in [0.3, 0.4) is 0 Å². The van der Waals surface area contributed by atoms with Crippen LogP contribution in [0.1, 0.15) is 149 Å². The molecule has 25 heteroatoms. The van der Waals surface area contributed by atoms with Crippen LogP contribution in [0, 0.1) is 11.6 Å². The molecule has 558 valence electrons. The summed E-state index contributed by atoms with van der Waals surface area (Å²) in [5, 5.41) is 112. The van der Waals surface area contributed by atoms with E-state index in [2.05, 4.69) is 21.3 Å². The maximum absolute atomic E-state index is 14.2. The number of carboxylic acids is 2. The number of hydrogen-bond donors (Lipinski definition) is 14. The number of para-hydroxylation sites is 2. The monoisotopic (exact) mass is 1470 g/mol. The second-order valence-electron chi connectivity index (χ2n) is 26.6. The second-order valence-corrected chi connectivity index (χ2v) is 26.6. The van der Waals surface area contributed by atoms with Gasteiger partial charge in [-0.1, -0.05) is 125 Å². The molecule has 0 spiro atoms. The standard InChI is InChI=1S/2C40H48FN3O8.Ca/c2*1-25(2)38-37(40(52)43-29-11-7-4-8-12-29)36(26-9-5-3-6-10-26)39(27-13-15-28(41)16-14-27)44(38)20-18-31(46)22-32(47)23-34(49)42-19-17-30(45)21-33(48)24-35(50)51;/h2*3-16,25,30-33,45-48H,17-24H2,1-2H3,(H,42,49)(H,43,52)(H,50,51);/t2*30-,31-,32-,33-;/m11./s1. The Kier molecular flexibility index (Phi) is 34.7. The molecular weight excluding hydrogens is 1380 g/mol. The number of anilines is 2. The van der Waals surface area contributed by atoms with Crippen LogP contribution in [0.4, 0.5) is 20.2 Å². The Balaban J connectivity index is 0.000000326. The number of benzene rings is 6. The van der Waals surface area contributed by atoms with Crippen LogP contribution < -0.4 is 21.3 Å². The molecule has 2 aromatic heterocycles. The molecule has 0 aliphatic carbocycles. The smallest absolute Gasteiger partial charge is 0.305 e. The number of carboxylic acid groups (broad SMARTS) is 2. The van der Waals surface area contributed by atoms with Gasteiger partial charge in [-0.2, -0.15) is 0 Å². The van der Waals surface area contributed by atoms with Crippen molar-refractivity contribution in [3.8, 4) is 44.8 Å². The van der Waals surface area contributed by atoms with Gasteiger partial charge in [0.15, 0.2) is 0 Å². The first kappa shape index (κ1) is 85.4. The van der Waals surface area contributed by atoms with Gasteiger partial charge in [-0.25, -0.2) is 8.78 Å². The predicted octanol–water partition coefficient (Wildman–Crippen LogP) is 10.3. The first-order chi connectivity index (χ1) is 49.7. The fourth-order valence-electron chi connectivity index (χ4n) is 12.8. The summed E-state index contributed by atoms with van der Waals surface area (Å²) in [6, 6.07) is 49.2. The molecule has 6 aromatic carbocycles. The molecule has 2 radical (unpaired) electrons. The molecule has 0 bridgehead atoms. The van der Waals surface area contributed by atoms with Crippen molar-refractivity contribution in [2.75, 3.05) is 23.7 Å².